The van der Waals surface area contributed by atoms with Crippen LogP contribution in [0.5, 0.6) is 0 Å². The number of aliphatic hydroxyl groups is 1. The summed E-state index contributed by atoms with van der Waals surface area (Å²) in [5, 5.41) is 9.02. The van der Waals surface area contributed by atoms with Crippen LogP contribution in [0.15, 0.2) is 0 Å². The number of aliphatic hydroxyl groups excluding tert-OH is 1. The van der Waals surface area contributed by atoms with Gasteiger partial charge >= 0.3 is 5.97 Å². The predicted molar refractivity (Wildman–Crippen MR) is 30.8 cm³/mol. The van der Waals surface area contributed by atoms with Crippen LogP contribution < -0.4 is 0 Å². The molecular formula is C6H10O3. The summed E-state index contributed by atoms with van der Waals surface area (Å²) in [6.45, 7) is 1.70. The fourth-order valence-electron chi connectivity index (χ4n) is 0.845. The summed E-state index contributed by atoms with van der Waals surface area (Å²) >= 11 is 0. The average Bonchev–Trinajstić information content (AvgIpc) is 1.80. The molecule has 0 amide bonds. The maximum absolute atomic E-state index is 10.5. The summed E-state index contributed by atoms with van der Waals surface area (Å²) in [6, 6.07) is 0. The minimum atomic E-state index is -0.456. The molecule has 52 valence electrons. The molecule has 1 aliphatic heterocycles. The lowest BCUT2D eigenvalue weighted by molar-refractivity contribution is -0.161. The first kappa shape index (κ1) is 6.55. The molecule has 1 aliphatic rings. The zero-order valence-corrected chi connectivity index (χ0v) is 5.33. The number of ether oxygens (including phenoxy) is 1. The van der Waals surface area contributed by atoms with E-state index in [4.69, 9.17) is 9.84 Å². The lowest BCUT2D eigenvalue weighted by Gasteiger charge is -2.23. The van der Waals surface area contributed by atoms with Gasteiger partial charge in [-0.05, 0) is 13.3 Å². The quantitative estimate of drug-likeness (QED) is 0.472. The number of cyclic esters (lactones) is 1. The second kappa shape index (κ2) is 2.35. The topological polar surface area (TPSA) is 46.5 Å². The number of hydrogen-bond acceptors (Lipinski definition) is 3. The third-order valence-electron chi connectivity index (χ3n) is 1.50. The third kappa shape index (κ3) is 1.42. The molecule has 0 spiro atoms. The van der Waals surface area contributed by atoms with Gasteiger partial charge in [0.25, 0.3) is 0 Å². The van der Waals surface area contributed by atoms with Gasteiger partial charge in [-0.2, -0.15) is 0 Å². The molecule has 0 bridgehead atoms. The fraction of sp³-hybridized carbons (Fsp3) is 0.833. The molecule has 9 heavy (non-hydrogen) atoms. The van der Waals surface area contributed by atoms with Crippen molar-refractivity contribution in [2.24, 2.45) is 0 Å². The van der Waals surface area contributed by atoms with Crippen LogP contribution in [-0.2, 0) is 9.53 Å². The van der Waals surface area contributed by atoms with Gasteiger partial charge in [0.05, 0.1) is 6.10 Å². The summed E-state index contributed by atoms with van der Waals surface area (Å²) in [5.41, 5.74) is 0. The lowest BCUT2D eigenvalue weighted by atomic mass is 10.1. The molecule has 1 fully saturated rings. The van der Waals surface area contributed by atoms with Crippen LogP contribution >= 0.6 is 0 Å². The van der Waals surface area contributed by atoms with E-state index < -0.39 is 6.10 Å². The molecular weight excluding hydrogens is 120 g/mol. The van der Waals surface area contributed by atoms with Crippen LogP contribution in [0, 0.1) is 0 Å². The van der Waals surface area contributed by atoms with E-state index in [9.17, 15) is 4.79 Å². The highest BCUT2D eigenvalue weighted by atomic mass is 16.6. The summed E-state index contributed by atoms with van der Waals surface area (Å²) in [7, 11) is 0. The molecule has 1 N–H and O–H groups in total. The smallest absolute Gasteiger partial charge is 0.306 e. The molecule has 3 nitrogen and oxygen atoms in total. The van der Waals surface area contributed by atoms with Crippen LogP contribution in [0.1, 0.15) is 19.8 Å². The van der Waals surface area contributed by atoms with Crippen molar-refractivity contribution in [2.45, 2.75) is 32.0 Å². The molecule has 0 saturated carbocycles. The SMILES string of the molecule is C[C@@H]1OC(=O)CC[C@H]1O. The molecule has 0 aliphatic carbocycles. The lowest BCUT2D eigenvalue weighted by Crippen LogP contribution is -2.33. The minimum Gasteiger partial charge on any atom is -0.460 e. The zero-order valence-electron chi connectivity index (χ0n) is 5.33. The monoisotopic (exact) mass is 130 g/mol. The second-order valence-electron chi connectivity index (χ2n) is 2.30. The number of rotatable bonds is 0. The van der Waals surface area contributed by atoms with Crippen molar-refractivity contribution in [1.82, 2.24) is 0 Å². The highest BCUT2D eigenvalue weighted by Crippen LogP contribution is 2.13. The van der Waals surface area contributed by atoms with Crippen molar-refractivity contribution in [1.29, 1.82) is 0 Å². The number of carbonyl (C=O) groups excluding carboxylic acids is 1. The van der Waals surface area contributed by atoms with Gasteiger partial charge in [0.2, 0.25) is 0 Å². The Morgan fingerprint density at radius 2 is 2.44 bits per heavy atom. The Morgan fingerprint density at radius 1 is 1.78 bits per heavy atom. The van der Waals surface area contributed by atoms with Crippen LogP contribution in [0.4, 0.5) is 0 Å². The summed E-state index contributed by atoms with van der Waals surface area (Å²) in [6.07, 6.45) is 0.125. The fourth-order valence-corrected chi connectivity index (χ4v) is 0.845. The molecule has 3 heteroatoms. The van der Waals surface area contributed by atoms with Crippen molar-refractivity contribution < 1.29 is 14.6 Å². The van der Waals surface area contributed by atoms with Crippen molar-refractivity contribution in [3.63, 3.8) is 0 Å². The summed E-state index contributed by atoms with van der Waals surface area (Å²) in [4.78, 5) is 10.5. The third-order valence-corrected chi connectivity index (χ3v) is 1.50. The second-order valence-corrected chi connectivity index (χ2v) is 2.30. The van der Waals surface area contributed by atoms with Crippen molar-refractivity contribution >= 4 is 5.97 Å². The van der Waals surface area contributed by atoms with E-state index in [0.29, 0.717) is 12.8 Å². The minimum absolute atomic E-state index is 0.201. The Bertz CT molecular complexity index is 121. The van der Waals surface area contributed by atoms with Crippen molar-refractivity contribution in [2.75, 3.05) is 0 Å². The van der Waals surface area contributed by atoms with Gasteiger partial charge in [0.15, 0.2) is 0 Å². The van der Waals surface area contributed by atoms with Gasteiger partial charge in [-0.1, -0.05) is 0 Å². The Morgan fingerprint density at radius 3 is 2.89 bits per heavy atom. The molecule has 0 unspecified atom stereocenters. The molecule has 0 radical (unpaired) electrons. The highest BCUT2D eigenvalue weighted by Gasteiger charge is 2.24. The highest BCUT2D eigenvalue weighted by molar-refractivity contribution is 5.70. The van der Waals surface area contributed by atoms with E-state index in [1.807, 2.05) is 0 Å². The van der Waals surface area contributed by atoms with Gasteiger partial charge < -0.3 is 9.84 Å². The van der Waals surface area contributed by atoms with E-state index in [2.05, 4.69) is 0 Å². The Balaban J connectivity index is 2.44. The Kier molecular flexibility index (Phi) is 1.71. The standard InChI is InChI=1S/C6H10O3/c1-4-5(7)2-3-6(8)9-4/h4-5,7H,2-3H2,1H3/t4-,5+/m0/s1. The molecule has 2 atom stereocenters. The van der Waals surface area contributed by atoms with Crippen molar-refractivity contribution in [3.05, 3.63) is 0 Å². The summed E-state index contributed by atoms with van der Waals surface area (Å²) in [5.74, 6) is -0.201. The van der Waals surface area contributed by atoms with Crippen LogP contribution in [-0.4, -0.2) is 23.3 Å². The Hall–Kier alpha value is -0.570. The first-order valence-corrected chi connectivity index (χ1v) is 3.07. The van der Waals surface area contributed by atoms with Gasteiger partial charge in [-0.3, -0.25) is 4.79 Å². The average molecular weight is 130 g/mol. The molecule has 0 aromatic rings. The first-order valence-electron chi connectivity index (χ1n) is 3.07. The zero-order chi connectivity index (χ0) is 6.85. The largest absolute Gasteiger partial charge is 0.460 e. The molecule has 1 heterocycles. The van der Waals surface area contributed by atoms with Gasteiger partial charge in [0.1, 0.15) is 6.10 Å². The normalized spacial score (nSPS) is 36.0. The van der Waals surface area contributed by atoms with Crippen LogP contribution in [0.2, 0.25) is 0 Å². The molecule has 1 saturated heterocycles. The summed E-state index contributed by atoms with van der Waals surface area (Å²) < 4.78 is 4.71. The van der Waals surface area contributed by atoms with Gasteiger partial charge in [0, 0.05) is 6.42 Å². The molecule has 0 aromatic carbocycles. The van der Waals surface area contributed by atoms with Gasteiger partial charge in [-0.15, -0.1) is 0 Å². The maximum Gasteiger partial charge on any atom is 0.306 e. The first-order chi connectivity index (χ1) is 4.20. The van der Waals surface area contributed by atoms with E-state index in [-0.39, 0.29) is 12.1 Å². The van der Waals surface area contributed by atoms with Crippen LogP contribution in [0.25, 0.3) is 0 Å². The number of carbonyl (C=O) groups is 1. The Labute approximate surface area is 53.6 Å². The number of hydrogen-bond donors (Lipinski definition) is 1. The van der Waals surface area contributed by atoms with E-state index in [1.165, 1.54) is 0 Å². The van der Waals surface area contributed by atoms with E-state index in [0.717, 1.165) is 0 Å². The molecule has 0 aromatic heterocycles. The maximum atomic E-state index is 10.5. The van der Waals surface area contributed by atoms with E-state index in [1.54, 1.807) is 6.92 Å². The predicted octanol–water partition coefficient (Wildman–Crippen LogP) is 0.0728. The molecule has 1 rings (SSSR count). The number of esters is 1. The van der Waals surface area contributed by atoms with E-state index >= 15 is 0 Å². The van der Waals surface area contributed by atoms with Crippen LogP contribution in [0.3, 0.4) is 0 Å². The van der Waals surface area contributed by atoms with Gasteiger partial charge in [-0.25, -0.2) is 0 Å². The van der Waals surface area contributed by atoms with Crippen molar-refractivity contribution in [3.8, 4) is 0 Å².